The fraction of sp³-hybridized carbons (Fsp3) is 0.857. The summed E-state index contributed by atoms with van der Waals surface area (Å²) in [5.74, 6) is -0.928. The molecule has 0 heterocycles. The van der Waals surface area contributed by atoms with E-state index in [0.29, 0.717) is 19.3 Å². The number of ether oxygens (including phenoxy) is 3. The largest absolute Gasteiger partial charge is 0.462 e. The maximum Gasteiger partial charge on any atom is 0.306 e. The first-order valence-corrected chi connectivity index (χ1v) is 23.8. The number of carbonyl (C=O) groups is 3. The van der Waals surface area contributed by atoms with Crippen molar-refractivity contribution in [2.24, 2.45) is 0 Å². The molecule has 0 rings (SSSR count). The smallest absolute Gasteiger partial charge is 0.306 e. The van der Waals surface area contributed by atoms with E-state index < -0.39 is 6.10 Å². The van der Waals surface area contributed by atoms with Gasteiger partial charge < -0.3 is 14.2 Å². The molecule has 0 amide bonds. The van der Waals surface area contributed by atoms with Gasteiger partial charge in [-0.05, 0) is 64.2 Å². The monoisotopic (exact) mass is 775 g/mol. The van der Waals surface area contributed by atoms with Crippen LogP contribution >= 0.6 is 0 Å². The van der Waals surface area contributed by atoms with Crippen LogP contribution in [0, 0.1) is 0 Å². The van der Waals surface area contributed by atoms with Crippen molar-refractivity contribution in [3.8, 4) is 0 Å². The van der Waals surface area contributed by atoms with Crippen LogP contribution in [0.15, 0.2) is 24.3 Å². The fourth-order valence-corrected chi connectivity index (χ4v) is 6.79. The van der Waals surface area contributed by atoms with Crippen LogP contribution in [0.25, 0.3) is 0 Å². The average molecular weight is 775 g/mol. The Morgan fingerprint density at radius 2 is 0.618 bits per heavy atom. The zero-order valence-electron chi connectivity index (χ0n) is 36.7. The van der Waals surface area contributed by atoms with Gasteiger partial charge >= 0.3 is 17.9 Å². The van der Waals surface area contributed by atoms with Crippen molar-refractivity contribution in [2.75, 3.05) is 13.2 Å². The summed E-state index contributed by atoms with van der Waals surface area (Å²) in [6.07, 6.45) is 48.8. The lowest BCUT2D eigenvalue weighted by Gasteiger charge is -2.18. The first-order chi connectivity index (χ1) is 27.0. The second-order valence-corrected chi connectivity index (χ2v) is 16.0. The highest BCUT2D eigenvalue weighted by atomic mass is 16.6. The highest BCUT2D eigenvalue weighted by Crippen LogP contribution is 2.15. The van der Waals surface area contributed by atoms with Crippen molar-refractivity contribution in [3.63, 3.8) is 0 Å². The van der Waals surface area contributed by atoms with Crippen molar-refractivity contribution in [3.05, 3.63) is 24.3 Å². The Morgan fingerprint density at radius 3 is 1.02 bits per heavy atom. The molecule has 0 aromatic carbocycles. The molecule has 6 nitrogen and oxygen atoms in total. The van der Waals surface area contributed by atoms with E-state index in [-0.39, 0.29) is 31.1 Å². The van der Waals surface area contributed by atoms with E-state index in [9.17, 15) is 14.4 Å². The van der Waals surface area contributed by atoms with E-state index in [1.54, 1.807) is 0 Å². The maximum absolute atomic E-state index is 12.7. The van der Waals surface area contributed by atoms with Gasteiger partial charge in [-0.1, -0.05) is 193 Å². The lowest BCUT2D eigenvalue weighted by atomic mass is 10.0. The summed E-state index contributed by atoms with van der Waals surface area (Å²) in [5, 5.41) is 0. The third-order valence-electron chi connectivity index (χ3n) is 10.4. The first kappa shape index (κ1) is 52.9. The molecule has 0 spiro atoms. The summed E-state index contributed by atoms with van der Waals surface area (Å²) in [7, 11) is 0. The molecule has 0 saturated carbocycles. The Hall–Kier alpha value is -2.11. The molecule has 0 aliphatic carbocycles. The number of unbranched alkanes of at least 4 members (excludes halogenated alkanes) is 28. The van der Waals surface area contributed by atoms with E-state index in [2.05, 4.69) is 45.1 Å². The van der Waals surface area contributed by atoms with Gasteiger partial charge in [-0.25, -0.2) is 0 Å². The molecule has 0 bridgehead atoms. The molecule has 1 unspecified atom stereocenters. The van der Waals surface area contributed by atoms with Crippen LogP contribution in [0.5, 0.6) is 0 Å². The Kier molecular flexibility index (Phi) is 42.9. The first-order valence-electron chi connectivity index (χ1n) is 23.8. The van der Waals surface area contributed by atoms with Crippen LogP contribution in [0.3, 0.4) is 0 Å². The molecule has 322 valence electrons. The normalized spacial score (nSPS) is 12.1. The molecule has 0 radical (unpaired) electrons. The highest BCUT2D eigenvalue weighted by molar-refractivity contribution is 5.71. The zero-order chi connectivity index (χ0) is 40.1. The lowest BCUT2D eigenvalue weighted by Crippen LogP contribution is -2.30. The van der Waals surface area contributed by atoms with Crippen LogP contribution in [0.4, 0.5) is 0 Å². The molecule has 0 fully saturated rings. The van der Waals surface area contributed by atoms with Crippen molar-refractivity contribution >= 4 is 17.9 Å². The lowest BCUT2D eigenvalue weighted by molar-refractivity contribution is -0.167. The third-order valence-corrected chi connectivity index (χ3v) is 10.4. The minimum atomic E-state index is -0.781. The van der Waals surface area contributed by atoms with Gasteiger partial charge in [-0.2, -0.15) is 0 Å². The summed E-state index contributed by atoms with van der Waals surface area (Å²) < 4.78 is 16.7. The number of esters is 3. The van der Waals surface area contributed by atoms with E-state index in [0.717, 1.165) is 70.6 Å². The van der Waals surface area contributed by atoms with Crippen molar-refractivity contribution in [1.82, 2.24) is 0 Å². The van der Waals surface area contributed by atoms with Gasteiger partial charge in [0.15, 0.2) is 6.10 Å². The summed E-state index contributed by atoms with van der Waals surface area (Å²) >= 11 is 0. The molecule has 6 heteroatoms. The summed E-state index contributed by atoms with van der Waals surface area (Å²) in [5.41, 5.74) is 0. The topological polar surface area (TPSA) is 78.9 Å². The van der Waals surface area contributed by atoms with Crippen molar-refractivity contribution < 1.29 is 28.6 Å². The number of allylic oxidation sites excluding steroid dienone is 4. The predicted molar refractivity (Wildman–Crippen MR) is 233 cm³/mol. The molecule has 0 aliphatic heterocycles. The van der Waals surface area contributed by atoms with E-state index >= 15 is 0 Å². The third kappa shape index (κ3) is 42.9. The van der Waals surface area contributed by atoms with Crippen molar-refractivity contribution in [1.29, 1.82) is 0 Å². The van der Waals surface area contributed by atoms with Crippen LogP contribution in [-0.4, -0.2) is 37.2 Å². The van der Waals surface area contributed by atoms with Gasteiger partial charge in [-0.15, -0.1) is 0 Å². The number of rotatable bonds is 43. The number of hydrogen-bond donors (Lipinski definition) is 0. The van der Waals surface area contributed by atoms with Crippen LogP contribution in [0.1, 0.15) is 252 Å². The second-order valence-electron chi connectivity index (χ2n) is 16.0. The molecular formula is C49H90O6. The van der Waals surface area contributed by atoms with Gasteiger partial charge in [0.1, 0.15) is 13.2 Å². The van der Waals surface area contributed by atoms with E-state index in [4.69, 9.17) is 14.2 Å². The van der Waals surface area contributed by atoms with Gasteiger partial charge in [-0.3, -0.25) is 14.4 Å². The molecule has 55 heavy (non-hydrogen) atoms. The molecular weight excluding hydrogens is 685 g/mol. The van der Waals surface area contributed by atoms with E-state index in [1.165, 1.54) is 141 Å². The van der Waals surface area contributed by atoms with Gasteiger partial charge in [0.05, 0.1) is 0 Å². The molecule has 0 saturated heterocycles. The summed E-state index contributed by atoms with van der Waals surface area (Å²) in [6, 6.07) is 0. The maximum atomic E-state index is 12.7. The Bertz CT molecular complexity index is 896. The Labute approximate surface area is 341 Å². The van der Waals surface area contributed by atoms with Crippen molar-refractivity contribution in [2.45, 2.75) is 258 Å². The zero-order valence-corrected chi connectivity index (χ0v) is 36.7. The Balaban J connectivity index is 4.36. The molecule has 0 aliphatic rings. The quantitative estimate of drug-likeness (QED) is 0.0266. The van der Waals surface area contributed by atoms with E-state index in [1.807, 2.05) is 0 Å². The number of hydrogen-bond acceptors (Lipinski definition) is 6. The standard InChI is InChI=1S/C49H90O6/c1-4-7-10-13-16-19-21-23-25-27-30-33-36-39-42-48(51)54-45-46(44-53-47(50)41-38-35-32-29-18-15-12-9-6-3)55-49(52)43-40-37-34-31-28-26-24-22-20-17-14-11-8-5-2/h25,27,29,32,46H,4-24,26,28,30-31,33-45H2,1-3H3/b27-25-,32-29-. The molecule has 1 atom stereocenters. The SMILES string of the molecule is CCCCCC/C=C\CCCC(=O)OCC(COC(=O)CCCCC/C=C\CCCCCCCCC)OC(=O)CCCCCCCCCCCCCCCC. The number of carbonyl (C=O) groups excluding carboxylic acids is 3. The second kappa shape index (κ2) is 44.6. The summed E-state index contributed by atoms with van der Waals surface area (Å²) in [6.45, 7) is 6.57. The average Bonchev–Trinajstić information content (AvgIpc) is 3.18. The minimum Gasteiger partial charge on any atom is -0.462 e. The van der Waals surface area contributed by atoms with Crippen LogP contribution < -0.4 is 0 Å². The fourth-order valence-electron chi connectivity index (χ4n) is 6.79. The van der Waals surface area contributed by atoms with Crippen LogP contribution in [-0.2, 0) is 28.6 Å². The van der Waals surface area contributed by atoms with Gasteiger partial charge in [0.2, 0.25) is 0 Å². The Morgan fingerprint density at radius 1 is 0.345 bits per heavy atom. The van der Waals surface area contributed by atoms with Crippen LogP contribution in [0.2, 0.25) is 0 Å². The molecule has 0 aromatic heterocycles. The molecule has 0 aromatic rings. The molecule has 0 N–H and O–H groups in total. The summed E-state index contributed by atoms with van der Waals surface area (Å²) in [4.78, 5) is 37.7. The van der Waals surface area contributed by atoms with Gasteiger partial charge in [0, 0.05) is 19.3 Å². The predicted octanol–water partition coefficient (Wildman–Crippen LogP) is 15.2. The van der Waals surface area contributed by atoms with Gasteiger partial charge in [0.25, 0.3) is 0 Å². The minimum absolute atomic E-state index is 0.0846. The highest BCUT2D eigenvalue weighted by Gasteiger charge is 2.19.